The number of anilines is 1. The van der Waals surface area contributed by atoms with Crippen molar-refractivity contribution in [1.82, 2.24) is 4.98 Å². The van der Waals surface area contributed by atoms with Gasteiger partial charge in [0.15, 0.2) is 5.43 Å². The lowest BCUT2D eigenvalue weighted by molar-refractivity contribution is 0.574. The van der Waals surface area contributed by atoms with E-state index in [9.17, 15) is 4.79 Å². The highest BCUT2D eigenvalue weighted by Gasteiger charge is 2.20. The third-order valence-corrected chi connectivity index (χ3v) is 5.60. The second kappa shape index (κ2) is 7.84. The van der Waals surface area contributed by atoms with E-state index < -0.39 is 0 Å². The van der Waals surface area contributed by atoms with Crippen LogP contribution in [0.25, 0.3) is 16.5 Å². The first-order valence-corrected chi connectivity index (χ1v) is 10.2. The average Bonchev–Trinajstić information content (AvgIpc) is 2.74. The van der Waals surface area contributed by atoms with Crippen LogP contribution in [-0.4, -0.2) is 10.7 Å². The van der Waals surface area contributed by atoms with E-state index in [2.05, 4.69) is 16.9 Å². The molecule has 0 saturated heterocycles. The van der Waals surface area contributed by atoms with Crippen molar-refractivity contribution in [2.45, 2.75) is 33.7 Å². The molecule has 0 bridgehead atoms. The lowest BCUT2D eigenvalue weighted by atomic mass is 9.95. The largest absolute Gasteiger partial charge is 0.455 e. The molecule has 1 aliphatic rings. The second-order valence-corrected chi connectivity index (χ2v) is 7.99. The first-order chi connectivity index (χ1) is 14.8. The molecular weight excluding hydrogens is 386 g/mol. The summed E-state index contributed by atoms with van der Waals surface area (Å²) < 4.78 is 6.38. The summed E-state index contributed by atoms with van der Waals surface area (Å²) >= 11 is 0. The van der Waals surface area contributed by atoms with Gasteiger partial charge >= 0.3 is 0 Å². The van der Waals surface area contributed by atoms with Crippen molar-refractivity contribution in [3.63, 3.8) is 0 Å². The lowest BCUT2D eigenvalue weighted by Crippen LogP contribution is -2.14. The predicted molar refractivity (Wildman–Crippen MR) is 127 cm³/mol. The highest BCUT2D eigenvalue weighted by molar-refractivity contribution is 6.12. The number of rotatable bonds is 4. The summed E-state index contributed by atoms with van der Waals surface area (Å²) in [4.78, 5) is 17.6. The topological polar surface area (TPSA) is 79.0 Å². The molecule has 1 atom stereocenters. The number of hydrogen-bond donors (Lipinski definition) is 2. The number of allylic oxidation sites excluding steroid dienone is 5. The molecule has 1 aliphatic carbocycles. The number of benzene rings is 1. The monoisotopic (exact) mass is 411 g/mol. The zero-order valence-electron chi connectivity index (χ0n) is 18.2. The van der Waals surface area contributed by atoms with E-state index in [1.165, 1.54) is 0 Å². The maximum Gasteiger partial charge on any atom is 0.196 e. The van der Waals surface area contributed by atoms with Gasteiger partial charge in [-0.1, -0.05) is 12.6 Å². The van der Waals surface area contributed by atoms with Gasteiger partial charge in [-0.2, -0.15) is 0 Å². The molecule has 31 heavy (non-hydrogen) atoms. The van der Waals surface area contributed by atoms with Crippen molar-refractivity contribution in [3.8, 4) is 0 Å². The van der Waals surface area contributed by atoms with E-state index in [4.69, 9.17) is 9.83 Å². The number of nitrogens with one attached hydrogen (secondary N) is 2. The zero-order valence-corrected chi connectivity index (χ0v) is 18.2. The van der Waals surface area contributed by atoms with Crippen LogP contribution in [0.3, 0.4) is 0 Å². The fraction of sp³-hybridized carbons (Fsp3) is 0.192. The van der Waals surface area contributed by atoms with Crippen LogP contribution in [0.2, 0.25) is 0 Å². The summed E-state index contributed by atoms with van der Waals surface area (Å²) in [5.74, 6) is 0.511. The molecule has 5 heteroatoms. The fourth-order valence-electron chi connectivity index (χ4n) is 3.85. The maximum atomic E-state index is 13.3. The second-order valence-electron chi connectivity index (χ2n) is 7.99. The Hall–Kier alpha value is -3.73. The highest BCUT2D eigenvalue weighted by Crippen LogP contribution is 2.32. The van der Waals surface area contributed by atoms with E-state index in [0.29, 0.717) is 33.6 Å². The molecule has 0 spiro atoms. The van der Waals surface area contributed by atoms with Crippen LogP contribution < -0.4 is 10.7 Å². The molecule has 1 unspecified atom stereocenters. The van der Waals surface area contributed by atoms with Crippen molar-refractivity contribution in [2.75, 3.05) is 5.32 Å². The summed E-state index contributed by atoms with van der Waals surface area (Å²) in [5.41, 5.74) is 6.49. The summed E-state index contributed by atoms with van der Waals surface area (Å²) in [7, 11) is 0. The van der Waals surface area contributed by atoms with E-state index in [1.54, 1.807) is 31.3 Å². The number of aromatic nitrogens is 1. The lowest BCUT2D eigenvalue weighted by Gasteiger charge is -2.20. The molecule has 0 saturated carbocycles. The molecule has 2 N–H and O–H groups in total. The highest BCUT2D eigenvalue weighted by atomic mass is 16.3. The van der Waals surface area contributed by atoms with Gasteiger partial charge in [0.1, 0.15) is 11.3 Å². The molecule has 5 nitrogen and oxygen atoms in total. The van der Waals surface area contributed by atoms with Crippen LogP contribution in [0.5, 0.6) is 0 Å². The minimum atomic E-state index is -0.108. The molecule has 3 aromatic rings. The van der Waals surface area contributed by atoms with Gasteiger partial charge in [-0.05, 0) is 75.3 Å². The number of nitrogens with zero attached hydrogens (tertiary/aromatic N) is 1. The number of fused-ring (bicyclic) bond motifs is 1. The van der Waals surface area contributed by atoms with Gasteiger partial charge in [-0.15, -0.1) is 0 Å². The smallest absolute Gasteiger partial charge is 0.196 e. The summed E-state index contributed by atoms with van der Waals surface area (Å²) in [5, 5.41) is 11.9. The van der Waals surface area contributed by atoms with E-state index >= 15 is 0 Å². The number of hydrogen-bond acceptors (Lipinski definition) is 5. The minimum Gasteiger partial charge on any atom is -0.455 e. The summed E-state index contributed by atoms with van der Waals surface area (Å²) in [6.07, 6.45) is 7.02. The first-order valence-electron chi connectivity index (χ1n) is 10.2. The SMILES string of the molecule is C=C1C=C(c2oc3c(C(C)Nc4cccnc4C)cc(C)cc3c(=O)c2C)C=CC1=N. The van der Waals surface area contributed by atoms with Gasteiger partial charge in [0.2, 0.25) is 0 Å². The van der Waals surface area contributed by atoms with Crippen molar-refractivity contribution >= 4 is 27.9 Å². The first kappa shape index (κ1) is 20.5. The van der Waals surface area contributed by atoms with E-state index in [-0.39, 0.29) is 11.5 Å². The van der Waals surface area contributed by atoms with Gasteiger partial charge in [0.25, 0.3) is 0 Å². The van der Waals surface area contributed by atoms with Gasteiger partial charge in [0, 0.05) is 22.9 Å². The average molecular weight is 412 g/mol. The third kappa shape index (κ3) is 3.75. The molecule has 0 aliphatic heterocycles. The van der Waals surface area contributed by atoms with Crippen LogP contribution in [0.4, 0.5) is 5.69 Å². The van der Waals surface area contributed by atoms with Gasteiger partial charge < -0.3 is 15.1 Å². The van der Waals surface area contributed by atoms with E-state index in [1.807, 2.05) is 45.0 Å². The molecule has 0 amide bonds. The predicted octanol–water partition coefficient (Wildman–Crippen LogP) is 5.82. The van der Waals surface area contributed by atoms with Crippen LogP contribution in [-0.2, 0) is 0 Å². The quantitative estimate of drug-likeness (QED) is 0.567. The van der Waals surface area contributed by atoms with Crippen molar-refractivity contribution in [2.24, 2.45) is 0 Å². The summed E-state index contributed by atoms with van der Waals surface area (Å²) in [6, 6.07) is 7.70. The molecule has 156 valence electrons. The van der Waals surface area contributed by atoms with Crippen LogP contribution >= 0.6 is 0 Å². The van der Waals surface area contributed by atoms with Crippen LogP contribution in [0.1, 0.15) is 41.1 Å². The molecule has 2 heterocycles. The zero-order chi connectivity index (χ0) is 22.3. The summed E-state index contributed by atoms with van der Waals surface area (Å²) in [6.45, 7) is 11.7. The molecule has 2 aromatic heterocycles. The Morgan fingerprint density at radius 2 is 1.97 bits per heavy atom. The minimum absolute atomic E-state index is 0.0495. The van der Waals surface area contributed by atoms with Crippen molar-refractivity contribution in [1.29, 1.82) is 5.41 Å². The Balaban J connectivity index is 1.89. The molecule has 4 rings (SSSR count). The Kier molecular flexibility index (Phi) is 5.19. The Morgan fingerprint density at radius 3 is 2.68 bits per heavy atom. The fourth-order valence-corrected chi connectivity index (χ4v) is 3.85. The van der Waals surface area contributed by atoms with E-state index in [0.717, 1.165) is 28.1 Å². The Morgan fingerprint density at radius 1 is 1.19 bits per heavy atom. The van der Waals surface area contributed by atoms with Gasteiger partial charge in [-0.25, -0.2) is 0 Å². The molecule has 0 radical (unpaired) electrons. The van der Waals surface area contributed by atoms with Crippen LogP contribution in [0, 0.1) is 26.2 Å². The number of aryl methyl sites for hydroxylation is 2. The van der Waals surface area contributed by atoms with Crippen molar-refractivity contribution in [3.05, 3.63) is 99.2 Å². The third-order valence-electron chi connectivity index (χ3n) is 5.60. The standard InChI is InChI=1S/C26H25N3O2/c1-14-11-20(17(4)29-23-7-6-10-28-18(23)5)26-21(12-14)24(30)16(3)25(31-26)19-8-9-22(27)15(2)13-19/h6-13,17,27,29H,2H2,1,3-5H3. The number of pyridine rings is 1. The van der Waals surface area contributed by atoms with Crippen LogP contribution in [0.15, 0.2) is 70.1 Å². The van der Waals surface area contributed by atoms with Gasteiger partial charge in [-0.3, -0.25) is 9.78 Å². The molecule has 0 fully saturated rings. The molecular formula is C26H25N3O2. The van der Waals surface area contributed by atoms with Gasteiger partial charge in [0.05, 0.1) is 28.5 Å². The Labute approximate surface area is 181 Å². The normalized spacial score (nSPS) is 14.6. The molecule has 1 aromatic carbocycles. The maximum absolute atomic E-state index is 13.3. The van der Waals surface area contributed by atoms with Crippen molar-refractivity contribution < 1.29 is 4.42 Å². The Bertz CT molecular complexity index is 1360.